The highest BCUT2D eigenvalue weighted by Gasteiger charge is 1.86. The van der Waals surface area contributed by atoms with Crippen LogP contribution in [0.15, 0.2) is 22.7 Å². The van der Waals surface area contributed by atoms with Gasteiger partial charge in [-0.1, -0.05) is 27.7 Å². The van der Waals surface area contributed by atoms with Crippen LogP contribution >= 0.6 is 15.9 Å². The largest absolute Gasteiger partial charge is 0.871 e. The molecule has 3 heteroatoms. The zero-order chi connectivity index (χ0) is 6.85. The topological polar surface area (TPSA) is 49.1 Å². The van der Waals surface area contributed by atoms with Gasteiger partial charge in [-0.25, -0.2) is 0 Å². The molecular formula is C6H5BrNO-. The molecule has 2 N–H and O–H groups in total. The van der Waals surface area contributed by atoms with E-state index in [0.29, 0.717) is 0 Å². The number of benzene rings is 1. The number of nitrogens with two attached hydrogens (primary N) is 1. The van der Waals surface area contributed by atoms with E-state index in [9.17, 15) is 5.11 Å². The van der Waals surface area contributed by atoms with Crippen molar-refractivity contribution >= 4 is 21.6 Å². The molecule has 2 nitrogen and oxygen atoms in total. The monoisotopic (exact) mass is 186 g/mol. The Morgan fingerprint density at radius 2 is 2.11 bits per heavy atom. The second kappa shape index (κ2) is 2.27. The van der Waals surface area contributed by atoms with Crippen molar-refractivity contribution in [2.45, 2.75) is 0 Å². The fourth-order valence-electron chi connectivity index (χ4n) is 0.519. The first-order valence-corrected chi connectivity index (χ1v) is 3.21. The summed E-state index contributed by atoms with van der Waals surface area (Å²) >= 11 is 3.18. The van der Waals surface area contributed by atoms with E-state index in [1.54, 1.807) is 12.1 Å². The van der Waals surface area contributed by atoms with Crippen LogP contribution in [0.25, 0.3) is 0 Å². The van der Waals surface area contributed by atoms with Gasteiger partial charge in [-0.05, 0) is 12.1 Å². The van der Waals surface area contributed by atoms with Crippen molar-refractivity contribution in [1.29, 1.82) is 0 Å². The summed E-state index contributed by atoms with van der Waals surface area (Å²) in [5, 5.41) is 10.6. The molecule has 0 saturated carbocycles. The minimum Gasteiger partial charge on any atom is -0.871 e. The lowest BCUT2D eigenvalue weighted by Gasteiger charge is -2.07. The molecule has 1 aromatic carbocycles. The molecule has 0 fully saturated rings. The van der Waals surface area contributed by atoms with Crippen molar-refractivity contribution in [1.82, 2.24) is 0 Å². The Morgan fingerprint density at radius 3 is 2.56 bits per heavy atom. The summed E-state index contributed by atoms with van der Waals surface area (Å²) < 4.78 is 0.833. The zero-order valence-electron chi connectivity index (χ0n) is 4.60. The van der Waals surface area contributed by atoms with Gasteiger partial charge >= 0.3 is 0 Å². The summed E-state index contributed by atoms with van der Waals surface area (Å²) in [7, 11) is 0. The minimum atomic E-state index is -0.127. The molecule has 0 bridgehead atoms. The summed E-state index contributed by atoms with van der Waals surface area (Å²) in [6, 6.07) is 4.68. The predicted octanol–water partition coefficient (Wildman–Crippen LogP) is 1.10. The molecule has 1 aromatic rings. The van der Waals surface area contributed by atoms with E-state index in [2.05, 4.69) is 15.9 Å². The minimum absolute atomic E-state index is 0.127. The Labute approximate surface area is 61.4 Å². The summed E-state index contributed by atoms with van der Waals surface area (Å²) in [4.78, 5) is 0. The first kappa shape index (κ1) is 6.42. The van der Waals surface area contributed by atoms with Gasteiger partial charge in [0.05, 0.1) is 0 Å². The Bertz CT molecular complexity index is 224. The van der Waals surface area contributed by atoms with Crippen LogP contribution in [-0.4, -0.2) is 0 Å². The quantitative estimate of drug-likeness (QED) is 0.618. The fourth-order valence-corrected chi connectivity index (χ4v) is 0.898. The highest BCUT2D eigenvalue weighted by atomic mass is 79.9. The van der Waals surface area contributed by atoms with Crippen LogP contribution in [0, 0.1) is 0 Å². The molecule has 0 aromatic heterocycles. The molecule has 0 aliphatic rings. The second-order valence-corrected chi connectivity index (χ2v) is 2.60. The summed E-state index contributed by atoms with van der Waals surface area (Å²) in [6.07, 6.45) is 0. The van der Waals surface area contributed by atoms with E-state index < -0.39 is 0 Å². The smallest absolute Gasteiger partial charge is 0.0245 e. The molecule has 0 saturated heterocycles. The van der Waals surface area contributed by atoms with Crippen molar-refractivity contribution in [3.8, 4) is 5.75 Å². The first-order valence-electron chi connectivity index (χ1n) is 2.42. The average Bonchev–Trinajstić information content (AvgIpc) is 1.80. The van der Waals surface area contributed by atoms with Crippen LogP contribution in [0.2, 0.25) is 0 Å². The van der Waals surface area contributed by atoms with Gasteiger partial charge in [0.1, 0.15) is 0 Å². The van der Waals surface area contributed by atoms with Crippen molar-refractivity contribution in [2.75, 3.05) is 5.73 Å². The standard InChI is InChI=1S/C6H6BrNO/c7-4-1-2-6(9)5(8)3-4/h1-3,9H,8H2/p-1. The lowest BCUT2D eigenvalue weighted by Crippen LogP contribution is -1.95. The highest BCUT2D eigenvalue weighted by Crippen LogP contribution is 2.20. The maximum Gasteiger partial charge on any atom is 0.0245 e. The van der Waals surface area contributed by atoms with E-state index in [4.69, 9.17) is 5.73 Å². The molecule has 1 rings (SSSR count). The van der Waals surface area contributed by atoms with E-state index in [1.165, 1.54) is 6.07 Å². The van der Waals surface area contributed by atoms with E-state index in [-0.39, 0.29) is 11.4 Å². The van der Waals surface area contributed by atoms with Gasteiger partial charge in [-0.2, -0.15) is 0 Å². The van der Waals surface area contributed by atoms with Crippen molar-refractivity contribution < 1.29 is 5.11 Å². The maximum atomic E-state index is 10.6. The Kier molecular flexibility index (Phi) is 1.62. The third-order valence-electron chi connectivity index (χ3n) is 0.972. The SMILES string of the molecule is Nc1cc(Br)ccc1[O-]. The maximum absolute atomic E-state index is 10.6. The summed E-state index contributed by atoms with van der Waals surface area (Å²) in [5.74, 6) is -0.127. The third kappa shape index (κ3) is 1.36. The second-order valence-electron chi connectivity index (χ2n) is 1.68. The predicted molar refractivity (Wildman–Crippen MR) is 38.0 cm³/mol. The number of rotatable bonds is 0. The molecule has 9 heavy (non-hydrogen) atoms. The van der Waals surface area contributed by atoms with Gasteiger partial charge in [-0.15, -0.1) is 0 Å². The van der Waals surface area contributed by atoms with Crippen LogP contribution in [0.4, 0.5) is 5.69 Å². The van der Waals surface area contributed by atoms with Gasteiger partial charge in [0.15, 0.2) is 0 Å². The number of anilines is 1. The van der Waals surface area contributed by atoms with E-state index >= 15 is 0 Å². The van der Waals surface area contributed by atoms with Gasteiger partial charge in [0.2, 0.25) is 0 Å². The van der Waals surface area contributed by atoms with E-state index in [0.717, 1.165) is 4.47 Å². The molecule has 0 amide bonds. The first-order chi connectivity index (χ1) is 4.20. The molecular weight excluding hydrogens is 182 g/mol. The van der Waals surface area contributed by atoms with Crippen molar-refractivity contribution in [2.24, 2.45) is 0 Å². The summed E-state index contributed by atoms with van der Waals surface area (Å²) in [6.45, 7) is 0. The van der Waals surface area contributed by atoms with Crippen LogP contribution in [0.1, 0.15) is 0 Å². The van der Waals surface area contributed by atoms with Crippen molar-refractivity contribution in [3.05, 3.63) is 22.7 Å². The van der Waals surface area contributed by atoms with Crippen LogP contribution in [0.3, 0.4) is 0 Å². The molecule has 0 heterocycles. The van der Waals surface area contributed by atoms with Crippen LogP contribution in [-0.2, 0) is 0 Å². The number of hydrogen-bond donors (Lipinski definition) is 1. The summed E-state index contributed by atoms with van der Waals surface area (Å²) in [5.41, 5.74) is 5.56. The van der Waals surface area contributed by atoms with Gasteiger partial charge in [-0.3, -0.25) is 0 Å². The van der Waals surface area contributed by atoms with Crippen LogP contribution in [0.5, 0.6) is 5.75 Å². The lowest BCUT2D eigenvalue weighted by atomic mass is 10.3. The zero-order valence-corrected chi connectivity index (χ0v) is 6.18. The number of nitrogen functional groups attached to an aromatic ring is 1. The molecule has 0 radical (unpaired) electrons. The van der Waals surface area contributed by atoms with E-state index in [1.807, 2.05) is 0 Å². The van der Waals surface area contributed by atoms with Gasteiger partial charge < -0.3 is 10.8 Å². The molecule has 48 valence electrons. The Hall–Kier alpha value is -0.700. The highest BCUT2D eigenvalue weighted by molar-refractivity contribution is 9.10. The van der Waals surface area contributed by atoms with Crippen LogP contribution < -0.4 is 10.8 Å². The van der Waals surface area contributed by atoms with Gasteiger partial charge in [0, 0.05) is 10.2 Å². The number of hydrogen-bond acceptors (Lipinski definition) is 2. The average molecular weight is 187 g/mol. The molecule has 0 aliphatic carbocycles. The molecule has 0 unspecified atom stereocenters. The van der Waals surface area contributed by atoms with Gasteiger partial charge in [0.25, 0.3) is 0 Å². The molecule has 0 aliphatic heterocycles. The normalized spacial score (nSPS) is 9.44. The molecule has 0 spiro atoms. The lowest BCUT2D eigenvalue weighted by molar-refractivity contribution is -0.267. The number of halogens is 1. The third-order valence-corrected chi connectivity index (χ3v) is 1.47. The molecule has 0 atom stereocenters. The Morgan fingerprint density at radius 1 is 1.44 bits per heavy atom. The fraction of sp³-hybridized carbons (Fsp3) is 0. The van der Waals surface area contributed by atoms with Crippen molar-refractivity contribution in [3.63, 3.8) is 0 Å². The Balaban J connectivity index is 3.17.